The van der Waals surface area contributed by atoms with Crippen LogP contribution in [0.5, 0.6) is 0 Å². The average Bonchev–Trinajstić information content (AvgIpc) is 3.93. The highest BCUT2D eigenvalue weighted by atomic mass is 16.6. The van der Waals surface area contributed by atoms with Gasteiger partial charge in [-0.3, -0.25) is 14.6 Å². The zero-order chi connectivity index (χ0) is 43.5. The van der Waals surface area contributed by atoms with Gasteiger partial charge in [-0.1, -0.05) is 13.8 Å². The Hall–Kier alpha value is -4.93. The second-order valence-electron chi connectivity index (χ2n) is 15.1. The van der Waals surface area contributed by atoms with E-state index in [9.17, 15) is 19.5 Å². The van der Waals surface area contributed by atoms with Crippen molar-refractivity contribution in [2.24, 2.45) is 0 Å². The predicted octanol–water partition coefficient (Wildman–Crippen LogP) is 5.63. The van der Waals surface area contributed by atoms with Crippen molar-refractivity contribution in [1.82, 2.24) is 24.8 Å². The fourth-order valence-corrected chi connectivity index (χ4v) is 7.83. The highest BCUT2D eigenvalue weighted by Gasteiger charge is 2.36. The van der Waals surface area contributed by atoms with Crippen LogP contribution in [0.15, 0.2) is 18.2 Å². The lowest BCUT2D eigenvalue weighted by Gasteiger charge is -2.21. The standard InChI is InChI=1S/C45H61N5O10/c1-10-30-26(2)35-23-39-33(25-51)28(4)34(47-39)22-36-27(3)31(11-12-41(53)56-8)43(48-36)32(44-42(45(54)57-9)29(5)37(49-44)24-38(30)46-35)21-40(52)50(6)13-14-58-17-18-60-20-19-59-16-15-55-7/h22-24,27,31,46-47,51H,10-21,25H2,1-9H3/t27-,31-/m0/s1. The number of aromatic amines is 2. The number of amides is 1. The molecule has 0 spiro atoms. The number of nitrogens with zero attached hydrogens (tertiary/aromatic N) is 3. The van der Waals surface area contributed by atoms with Crippen LogP contribution < -0.4 is 0 Å². The number of carbonyl (C=O) groups excluding carboxylic acids is 3. The number of rotatable bonds is 20. The lowest BCUT2D eigenvalue weighted by molar-refractivity contribution is -0.141. The van der Waals surface area contributed by atoms with E-state index in [0.29, 0.717) is 86.5 Å². The van der Waals surface area contributed by atoms with Crippen LogP contribution in [0.25, 0.3) is 33.2 Å². The number of aliphatic hydroxyl groups is 1. The first-order valence-electron chi connectivity index (χ1n) is 20.6. The summed E-state index contributed by atoms with van der Waals surface area (Å²) >= 11 is 0. The fraction of sp³-hybridized carbons (Fsp3) is 0.533. The molecule has 2 atom stereocenters. The molecule has 2 aliphatic heterocycles. The average molecular weight is 832 g/mol. The summed E-state index contributed by atoms with van der Waals surface area (Å²) in [7, 11) is 6.01. The molecule has 5 rings (SSSR count). The number of aliphatic hydroxyl groups excluding tert-OH is 1. The number of H-pyrrole nitrogens is 2. The van der Waals surface area contributed by atoms with E-state index in [2.05, 4.69) is 23.8 Å². The molecule has 326 valence electrons. The SMILES string of the molecule is CCc1c(C)c2cc3[nH]c(cc4nc(c(CC(=O)N(C)CCOCCOCCOCCOC)c5nc(cc1[nH]2)C(C)=C5C(=O)OC)[C@@H](CCC(=O)OC)[C@@H]4C)c(C)c3CO. The van der Waals surface area contributed by atoms with Crippen molar-refractivity contribution in [2.45, 2.75) is 78.7 Å². The first-order chi connectivity index (χ1) is 28.9. The highest BCUT2D eigenvalue weighted by molar-refractivity contribution is 6.25. The smallest absolute Gasteiger partial charge is 0.340 e. The summed E-state index contributed by atoms with van der Waals surface area (Å²) in [6, 6.07) is 5.91. The molecule has 15 nitrogen and oxygen atoms in total. The number of hydrogen-bond acceptors (Lipinski definition) is 12. The van der Waals surface area contributed by atoms with Gasteiger partial charge in [0.05, 0.1) is 96.2 Å². The van der Waals surface area contributed by atoms with Crippen molar-refractivity contribution < 1.29 is 47.9 Å². The summed E-state index contributed by atoms with van der Waals surface area (Å²) in [5.74, 6) is -1.76. The fourth-order valence-electron chi connectivity index (χ4n) is 7.83. The van der Waals surface area contributed by atoms with E-state index < -0.39 is 5.97 Å². The molecule has 15 heteroatoms. The van der Waals surface area contributed by atoms with Crippen molar-refractivity contribution >= 4 is 51.1 Å². The van der Waals surface area contributed by atoms with Crippen LogP contribution in [-0.2, 0) is 62.3 Å². The number of methoxy groups -OCH3 is 3. The summed E-state index contributed by atoms with van der Waals surface area (Å²) < 4.78 is 32.1. The third-order valence-corrected chi connectivity index (χ3v) is 11.5. The van der Waals surface area contributed by atoms with Gasteiger partial charge >= 0.3 is 11.9 Å². The van der Waals surface area contributed by atoms with Crippen LogP contribution in [-0.4, -0.2) is 129 Å². The lowest BCUT2D eigenvalue weighted by Crippen LogP contribution is -2.32. The van der Waals surface area contributed by atoms with E-state index in [1.165, 1.54) is 14.2 Å². The van der Waals surface area contributed by atoms with Crippen molar-refractivity contribution in [1.29, 1.82) is 0 Å². The van der Waals surface area contributed by atoms with E-state index >= 15 is 0 Å². The Morgan fingerprint density at radius 2 is 1.40 bits per heavy atom. The van der Waals surface area contributed by atoms with Crippen molar-refractivity contribution in [2.75, 3.05) is 81.2 Å². The summed E-state index contributed by atoms with van der Waals surface area (Å²) in [5, 5.41) is 10.6. The van der Waals surface area contributed by atoms with Gasteiger partial charge in [0.1, 0.15) is 0 Å². The second kappa shape index (κ2) is 21.5. The molecule has 3 aromatic heterocycles. The van der Waals surface area contributed by atoms with Crippen molar-refractivity contribution in [3.63, 3.8) is 0 Å². The first kappa shape index (κ1) is 46.1. The molecule has 60 heavy (non-hydrogen) atoms. The molecule has 0 saturated heterocycles. The number of fused-ring (bicyclic) bond motifs is 8. The number of ether oxygens (including phenoxy) is 6. The number of allylic oxidation sites excluding steroid dienone is 1. The molecule has 0 aromatic carbocycles. The molecule has 8 bridgehead atoms. The second-order valence-corrected chi connectivity index (χ2v) is 15.1. The van der Waals surface area contributed by atoms with Gasteiger partial charge in [-0.05, 0) is 74.1 Å². The van der Waals surface area contributed by atoms with Crippen LogP contribution in [0.3, 0.4) is 0 Å². The minimum atomic E-state index is -0.588. The predicted molar refractivity (Wildman–Crippen MR) is 228 cm³/mol. The van der Waals surface area contributed by atoms with E-state index in [-0.39, 0.29) is 55.3 Å². The quantitative estimate of drug-likeness (QED) is 0.0943. The third-order valence-electron chi connectivity index (χ3n) is 11.5. The molecular weight excluding hydrogens is 771 g/mol. The Balaban J connectivity index is 1.66. The molecule has 5 heterocycles. The zero-order valence-electron chi connectivity index (χ0n) is 36.5. The number of aromatic nitrogens is 4. The molecule has 0 unspecified atom stereocenters. The topological polar surface area (TPSA) is 187 Å². The lowest BCUT2D eigenvalue weighted by atomic mass is 9.84. The number of carbonyl (C=O) groups is 3. The largest absolute Gasteiger partial charge is 0.469 e. The molecular formula is C45H61N5O10. The van der Waals surface area contributed by atoms with Gasteiger partial charge in [-0.2, -0.15) is 0 Å². The van der Waals surface area contributed by atoms with E-state index in [0.717, 1.165) is 50.7 Å². The minimum Gasteiger partial charge on any atom is -0.469 e. The van der Waals surface area contributed by atoms with Crippen molar-refractivity contribution in [3.8, 4) is 0 Å². The number of hydrogen-bond donors (Lipinski definition) is 3. The van der Waals surface area contributed by atoms with Crippen molar-refractivity contribution in [3.05, 3.63) is 68.8 Å². The van der Waals surface area contributed by atoms with Gasteiger partial charge < -0.3 is 48.4 Å². The molecule has 0 aliphatic carbocycles. The molecule has 3 aromatic rings. The molecule has 0 fully saturated rings. The van der Waals surface area contributed by atoms with Crippen LogP contribution >= 0.6 is 0 Å². The Labute approximate surface area is 351 Å². The van der Waals surface area contributed by atoms with Gasteiger partial charge in [0, 0.05) is 77.8 Å². The van der Waals surface area contributed by atoms with Crippen LogP contribution in [0.4, 0.5) is 0 Å². The molecule has 1 amide bonds. The summed E-state index contributed by atoms with van der Waals surface area (Å²) in [4.78, 5) is 59.8. The van der Waals surface area contributed by atoms with Crippen LogP contribution in [0.1, 0.15) is 96.0 Å². The van der Waals surface area contributed by atoms with Gasteiger partial charge in [0.25, 0.3) is 0 Å². The highest BCUT2D eigenvalue weighted by Crippen LogP contribution is 2.44. The molecule has 3 N–H and O–H groups in total. The Kier molecular flexibility index (Phi) is 16.6. The molecule has 0 radical (unpaired) electrons. The number of aryl methyl sites for hydroxylation is 3. The summed E-state index contributed by atoms with van der Waals surface area (Å²) in [5.41, 5.74) is 10.4. The van der Waals surface area contributed by atoms with Gasteiger partial charge in [-0.25, -0.2) is 9.78 Å². The van der Waals surface area contributed by atoms with Gasteiger partial charge in [-0.15, -0.1) is 0 Å². The summed E-state index contributed by atoms with van der Waals surface area (Å²) in [6.07, 6.45) is 1.06. The number of likely N-dealkylation sites (N-methyl/N-ethyl adjacent to an activating group) is 1. The van der Waals surface area contributed by atoms with E-state index in [1.807, 2.05) is 39.0 Å². The Morgan fingerprint density at radius 3 is 2.02 bits per heavy atom. The summed E-state index contributed by atoms with van der Waals surface area (Å²) in [6.45, 7) is 13.0. The van der Waals surface area contributed by atoms with E-state index in [4.69, 9.17) is 38.4 Å². The Bertz CT molecular complexity index is 2220. The van der Waals surface area contributed by atoms with Gasteiger partial charge in [0.2, 0.25) is 5.91 Å². The maximum absolute atomic E-state index is 14.3. The van der Waals surface area contributed by atoms with Crippen LogP contribution in [0, 0.1) is 13.8 Å². The minimum absolute atomic E-state index is 0.112. The number of esters is 2. The van der Waals surface area contributed by atoms with E-state index in [1.54, 1.807) is 19.1 Å². The maximum Gasteiger partial charge on any atom is 0.340 e. The molecule has 2 aliphatic rings. The third kappa shape index (κ3) is 10.5. The Morgan fingerprint density at radius 1 is 0.783 bits per heavy atom. The normalized spacial score (nSPS) is 15.1. The first-order valence-corrected chi connectivity index (χ1v) is 20.6. The monoisotopic (exact) mass is 831 g/mol. The number of nitrogens with one attached hydrogen (secondary N) is 2. The van der Waals surface area contributed by atoms with Crippen LogP contribution in [0.2, 0.25) is 0 Å². The zero-order valence-corrected chi connectivity index (χ0v) is 36.5. The van der Waals surface area contributed by atoms with Gasteiger partial charge in [0.15, 0.2) is 0 Å². The maximum atomic E-state index is 14.3. The molecule has 0 saturated carbocycles.